The van der Waals surface area contributed by atoms with Gasteiger partial charge in [0.15, 0.2) is 11.5 Å². The van der Waals surface area contributed by atoms with Gasteiger partial charge in [-0.05, 0) is 31.0 Å². The van der Waals surface area contributed by atoms with Crippen molar-refractivity contribution in [3.63, 3.8) is 0 Å². The van der Waals surface area contributed by atoms with E-state index < -0.39 is 0 Å². The smallest absolute Gasteiger partial charge is 0.197 e. The number of hydrogen-bond acceptors (Lipinski definition) is 3. The second-order valence-electron chi connectivity index (χ2n) is 4.33. The van der Waals surface area contributed by atoms with Crippen LogP contribution in [0.15, 0.2) is 22.6 Å². The molecule has 0 radical (unpaired) electrons. The minimum Gasteiger partial charge on any atom is -0.441 e. The molecule has 0 bridgehead atoms. The normalized spacial score (nSPS) is 13.2. The third-order valence-electron chi connectivity index (χ3n) is 2.68. The van der Waals surface area contributed by atoms with Crippen LogP contribution in [0, 0.1) is 6.92 Å². The van der Waals surface area contributed by atoms with E-state index >= 15 is 0 Å². The zero-order valence-electron chi connectivity index (χ0n) is 9.86. The largest absolute Gasteiger partial charge is 0.441 e. The minimum absolute atomic E-state index is 0.152. The lowest BCUT2D eigenvalue weighted by atomic mass is 10.1. The lowest BCUT2D eigenvalue weighted by molar-refractivity contribution is 0.481. The highest BCUT2D eigenvalue weighted by molar-refractivity contribution is 5.73. The number of hydrogen-bond donors (Lipinski definition) is 1. The summed E-state index contributed by atoms with van der Waals surface area (Å²) < 4.78 is 5.67. The van der Waals surface area contributed by atoms with Gasteiger partial charge >= 0.3 is 0 Å². The van der Waals surface area contributed by atoms with E-state index in [0.717, 1.165) is 36.3 Å². The van der Waals surface area contributed by atoms with Gasteiger partial charge in [0.05, 0.1) is 0 Å². The molecule has 86 valence electrons. The number of fused-ring (bicyclic) bond motifs is 1. The van der Waals surface area contributed by atoms with Crippen LogP contribution in [0.5, 0.6) is 0 Å². The van der Waals surface area contributed by atoms with Crippen LogP contribution in [-0.4, -0.2) is 11.0 Å². The van der Waals surface area contributed by atoms with Gasteiger partial charge in [-0.3, -0.25) is 0 Å². The molecule has 2 aromatic rings. The van der Waals surface area contributed by atoms with E-state index in [1.54, 1.807) is 0 Å². The van der Waals surface area contributed by atoms with Crippen molar-refractivity contribution in [2.75, 3.05) is 0 Å². The Balaban J connectivity index is 2.19. The molecule has 1 atom stereocenters. The molecule has 0 aliphatic carbocycles. The summed E-state index contributed by atoms with van der Waals surface area (Å²) in [6.45, 7) is 4.18. The number of benzene rings is 1. The van der Waals surface area contributed by atoms with E-state index in [9.17, 15) is 0 Å². The summed E-state index contributed by atoms with van der Waals surface area (Å²) in [4.78, 5) is 4.43. The lowest BCUT2D eigenvalue weighted by Gasteiger charge is -2.05. The Labute approximate surface area is 95.7 Å². The molecule has 0 saturated carbocycles. The first-order chi connectivity index (χ1) is 7.69. The van der Waals surface area contributed by atoms with Crippen LogP contribution in [0.4, 0.5) is 0 Å². The fourth-order valence-corrected chi connectivity index (χ4v) is 1.86. The fraction of sp³-hybridized carbons (Fsp3) is 0.462. The number of rotatable bonds is 4. The Morgan fingerprint density at radius 3 is 3.00 bits per heavy atom. The predicted molar refractivity (Wildman–Crippen MR) is 65.3 cm³/mol. The molecule has 0 spiro atoms. The van der Waals surface area contributed by atoms with Crippen molar-refractivity contribution < 1.29 is 4.42 Å². The number of oxazole rings is 1. The Morgan fingerprint density at radius 2 is 2.25 bits per heavy atom. The zero-order valence-corrected chi connectivity index (χ0v) is 9.86. The molecule has 3 heteroatoms. The SMILES string of the molecule is CCCC(N)Cc1nc2ccc(C)cc2o1. The molecule has 0 aliphatic heterocycles. The highest BCUT2D eigenvalue weighted by Crippen LogP contribution is 2.18. The first-order valence-corrected chi connectivity index (χ1v) is 5.80. The quantitative estimate of drug-likeness (QED) is 0.858. The van der Waals surface area contributed by atoms with Crippen LogP contribution in [0.25, 0.3) is 11.1 Å². The molecule has 1 heterocycles. The summed E-state index contributed by atoms with van der Waals surface area (Å²) in [5.41, 5.74) is 8.94. The van der Waals surface area contributed by atoms with Crippen molar-refractivity contribution in [2.45, 2.75) is 39.2 Å². The summed E-state index contributed by atoms with van der Waals surface area (Å²) in [6.07, 6.45) is 2.83. The Morgan fingerprint density at radius 1 is 1.44 bits per heavy atom. The van der Waals surface area contributed by atoms with Gasteiger partial charge in [-0.2, -0.15) is 0 Å². The molecule has 16 heavy (non-hydrogen) atoms. The Bertz CT molecular complexity index is 476. The van der Waals surface area contributed by atoms with Crippen molar-refractivity contribution in [3.8, 4) is 0 Å². The van der Waals surface area contributed by atoms with Crippen molar-refractivity contribution in [3.05, 3.63) is 29.7 Å². The second-order valence-corrected chi connectivity index (χ2v) is 4.33. The van der Waals surface area contributed by atoms with Crippen LogP contribution >= 0.6 is 0 Å². The highest BCUT2D eigenvalue weighted by atomic mass is 16.3. The molecular weight excluding hydrogens is 200 g/mol. The maximum Gasteiger partial charge on any atom is 0.197 e. The third kappa shape index (κ3) is 2.42. The van der Waals surface area contributed by atoms with Gasteiger partial charge in [0.2, 0.25) is 0 Å². The van der Waals surface area contributed by atoms with Gasteiger partial charge in [-0.25, -0.2) is 4.98 Å². The van der Waals surface area contributed by atoms with Gasteiger partial charge in [0, 0.05) is 12.5 Å². The average molecular weight is 218 g/mol. The van der Waals surface area contributed by atoms with E-state index in [2.05, 4.69) is 11.9 Å². The molecule has 0 amide bonds. The van der Waals surface area contributed by atoms with Gasteiger partial charge in [-0.1, -0.05) is 19.4 Å². The molecule has 2 rings (SSSR count). The van der Waals surface area contributed by atoms with E-state index in [1.165, 1.54) is 5.56 Å². The first-order valence-electron chi connectivity index (χ1n) is 5.80. The summed E-state index contributed by atoms with van der Waals surface area (Å²) in [6, 6.07) is 6.19. The van der Waals surface area contributed by atoms with Crippen LogP contribution in [0.2, 0.25) is 0 Å². The fourth-order valence-electron chi connectivity index (χ4n) is 1.86. The van der Waals surface area contributed by atoms with Crippen molar-refractivity contribution in [2.24, 2.45) is 5.73 Å². The van der Waals surface area contributed by atoms with E-state index in [0.29, 0.717) is 0 Å². The summed E-state index contributed by atoms with van der Waals surface area (Å²) >= 11 is 0. The molecule has 0 fully saturated rings. The Hall–Kier alpha value is -1.35. The standard InChI is InChI=1S/C13H18N2O/c1-3-4-10(14)8-13-15-11-6-5-9(2)7-12(11)16-13/h5-7,10H,3-4,8,14H2,1-2H3. The minimum atomic E-state index is 0.152. The summed E-state index contributed by atoms with van der Waals surface area (Å²) in [7, 11) is 0. The molecular formula is C13H18N2O. The Kier molecular flexibility index (Phi) is 3.25. The number of nitrogens with two attached hydrogens (primary N) is 1. The highest BCUT2D eigenvalue weighted by Gasteiger charge is 2.09. The third-order valence-corrected chi connectivity index (χ3v) is 2.68. The van der Waals surface area contributed by atoms with Gasteiger partial charge in [0.25, 0.3) is 0 Å². The van der Waals surface area contributed by atoms with Gasteiger partial charge < -0.3 is 10.2 Å². The number of aromatic nitrogens is 1. The second kappa shape index (κ2) is 4.66. The number of nitrogens with zero attached hydrogens (tertiary/aromatic N) is 1. The molecule has 0 saturated heterocycles. The summed E-state index contributed by atoms with van der Waals surface area (Å²) in [5, 5.41) is 0. The topological polar surface area (TPSA) is 52.0 Å². The van der Waals surface area contributed by atoms with E-state index in [4.69, 9.17) is 10.2 Å². The van der Waals surface area contributed by atoms with Crippen LogP contribution in [-0.2, 0) is 6.42 Å². The van der Waals surface area contributed by atoms with Crippen LogP contribution < -0.4 is 5.73 Å². The monoisotopic (exact) mass is 218 g/mol. The van der Waals surface area contributed by atoms with Gasteiger partial charge in [-0.15, -0.1) is 0 Å². The van der Waals surface area contributed by atoms with Crippen molar-refractivity contribution in [1.82, 2.24) is 4.98 Å². The maximum absolute atomic E-state index is 5.97. The van der Waals surface area contributed by atoms with Crippen LogP contribution in [0.3, 0.4) is 0 Å². The van der Waals surface area contributed by atoms with Crippen molar-refractivity contribution in [1.29, 1.82) is 0 Å². The predicted octanol–water partition coefficient (Wildman–Crippen LogP) is 2.81. The molecule has 1 unspecified atom stereocenters. The average Bonchev–Trinajstić information content (AvgIpc) is 2.59. The number of aryl methyl sites for hydroxylation is 1. The molecule has 1 aromatic heterocycles. The van der Waals surface area contributed by atoms with Crippen LogP contribution in [0.1, 0.15) is 31.2 Å². The van der Waals surface area contributed by atoms with E-state index in [1.807, 2.05) is 25.1 Å². The lowest BCUT2D eigenvalue weighted by Crippen LogP contribution is -2.22. The molecule has 0 aliphatic rings. The zero-order chi connectivity index (χ0) is 11.5. The van der Waals surface area contributed by atoms with Crippen molar-refractivity contribution >= 4 is 11.1 Å². The van der Waals surface area contributed by atoms with Gasteiger partial charge in [0.1, 0.15) is 5.52 Å². The maximum atomic E-state index is 5.97. The first kappa shape index (κ1) is 11.1. The molecule has 1 aromatic carbocycles. The molecule has 2 N–H and O–H groups in total. The molecule has 3 nitrogen and oxygen atoms in total. The van der Waals surface area contributed by atoms with E-state index in [-0.39, 0.29) is 6.04 Å². The summed E-state index contributed by atoms with van der Waals surface area (Å²) in [5.74, 6) is 0.751.